The van der Waals surface area contributed by atoms with Gasteiger partial charge in [-0.25, -0.2) is 0 Å². The molecule has 0 aliphatic carbocycles. The van der Waals surface area contributed by atoms with Crippen molar-refractivity contribution >= 4 is 38.2 Å². The van der Waals surface area contributed by atoms with Gasteiger partial charge in [0.15, 0.2) is 0 Å². The van der Waals surface area contributed by atoms with Crippen LogP contribution in [0, 0.1) is 17.0 Å². The van der Waals surface area contributed by atoms with Gasteiger partial charge in [0.1, 0.15) is 10.6 Å². The number of amides is 1. The average Bonchev–Trinajstić information content (AvgIpc) is 2.59. The van der Waals surface area contributed by atoms with Crippen LogP contribution in [0.2, 0.25) is 0 Å². The second kappa shape index (κ2) is 6.91. The van der Waals surface area contributed by atoms with E-state index in [0.717, 1.165) is 12.1 Å². The number of rotatable bonds is 4. The molecule has 144 valence electrons. The summed E-state index contributed by atoms with van der Waals surface area (Å²) in [7, 11) is -4.57. The number of aryl methyl sites for hydroxylation is 1. The highest BCUT2D eigenvalue weighted by molar-refractivity contribution is 7.86. The van der Waals surface area contributed by atoms with Gasteiger partial charge in [0.2, 0.25) is 0 Å². The third kappa shape index (κ3) is 3.77. The molecule has 28 heavy (non-hydrogen) atoms. The number of carbonyl (C=O) groups excluding carboxylic acids is 1. The number of hydrogen-bond acceptors (Lipinski definition) is 6. The number of hydrogen-bond donors (Lipinski definition) is 3. The van der Waals surface area contributed by atoms with Crippen molar-refractivity contribution in [1.29, 1.82) is 0 Å². The highest BCUT2D eigenvalue weighted by Gasteiger charge is 2.17. The number of nitro benzene ring substituents is 1. The Morgan fingerprint density at radius 1 is 1.07 bits per heavy atom. The molecule has 3 aromatic carbocycles. The maximum Gasteiger partial charge on any atom is 0.298 e. The van der Waals surface area contributed by atoms with Gasteiger partial charge in [0, 0.05) is 22.9 Å². The summed E-state index contributed by atoms with van der Waals surface area (Å²) < 4.78 is 31.6. The Labute approximate surface area is 159 Å². The van der Waals surface area contributed by atoms with Crippen molar-refractivity contribution in [2.45, 2.75) is 11.8 Å². The molecule has 0 aliphatic heterocycles. The molecule has 0 atom stereocenters. The van der Waals surface area contributed by atoms with Crippen LogP contribution in [0.15, 0.2) is 53.4 Å². The fraction of sp³-hybridized carbons (Fsp3) is 0.0556. The van der Waals surface area contributed by atoms with E-state index in [9.17, 15) is 28.4 Å². The van der Waals surface area contributed by atoms with E-state index in [2.05, 4.69) is 5.32 Å². The molecule has 0 saturated heterocycles. The lowest BCUT2D eigenvalue weighted by molar-refractivity contribution is -0.385. The van der Waals surface area contributed by atoms with E-state index in [0.29, 0.717) is 22.0 Å². The van der Waals surface area contributed by atoms with Crippen molar-refractivity contribution in [3.8, 4) is 5.75 Å². The molecule has 0 heterocycles. The minimum absolute atomic E-state index is 0.0904. The Hall–Kier alpha value is -3.50. The fourth-order valence-corrected chi connectivity index (χ4v) is 3.35. The zero-order valence-electron chi connectivity index (χ0n) is 14.4. The number of carbonyl (C=O) groups is 1. The van der Waals surface area contributed by atoms with Crippen LogP contribution < -0.4 is 5.32 Å². The lowest BCUT2D eigenvalue weighted by Crippen LogP contribution is -2.12. The predicted molar refractivity (Wildman–Crippen MR) is 101 cm³/mol. The summed E-state index contributed by atoms with van der Waals surface area (Å²) in [6, 6.07) is 10.8. The Morgan fingerprint density at radius 3 is 2.39 bits per heavy atom. The lowest BCUT2D eigenvalue weighted by atomic mass is 10.1. The number of nitrogens with one attached hydrogen (secondary N) is 1. The van der Waals surface area contributed by atoms with Crippen molar-refractivity contribution in [3.05, 3.63) is 69.8 Å². The molecule has 0 fully saturated rings. The zero-order chi connectivity index (χ0) is 20.6. The van der Waals surface area contributed by atoms with E-state index < -0.39 is 31.6 Å². The monoisotopic (exact) mass is 402 g/mol. The van der Waals surface area contributed by atoms with Crippen LogP contribution in [-0.2, 0) is 10.1 Å². The van der Waals surface area contributed by atoms with Gasteiger partial charge < -0.3 is 10.4 Å². The number of nitrogens with zero attached hydrogens (tertiary/aromatic N) is 1. The number of phenolic OH excluding ortho intramolecular Hbond substituents is 1. The molecule has 3 rings (SSSR count). The first-order valence-electron chi connectivity index (χ1n) is 7.87. The molecule has 0 bridgehead atoms. The third-order valence-corrected chi connectivity index (χ3v) is 4.99. The number of phenols is 1. The number of benzene rings is 3. The molecule has 3 N–H and O–H groups in total. The van der Waals surface area contributed by atoms with Crippen LogP contribution in [0.25, 0.3) is 10.8 Å². The third-order valence-electron chi connectivity index (χ3n) is 4.11. The van der Waals surface area contributed by atoms with Gasteiger partial charge >= 0.3 is 0 Å². The smallest absolute Gasteiger partial charge is 0.298 e. The molecule has 0 spiro atoms. The van der Waals surface area contributed by atoms with Gasteiger partial charge in [-0.2, -0.15) is 8.42 Å². The van der Waals surface area contributed by atoms with Gasteiger partial charge in [-0.05, 0) is 54.1 Å². The standard InChI is InChI=1S/C18H14N2O7S/c1-10-6-12(3-5-15(10)20(23)24)18(22)19-14-4-2-11-9-17(28(25,26)27)16(21)8-13(11)7-14/h2-9,21H,1H3,(H,19,22)(H,25,26,27). The first-order valence-corrected chi connectivity index (χ1v) is 9.31. The summed E-state index contributed by atoms with van der Waals surface area (Å²) in [5.74, 6) is -1.11. The molecular formula is C18H14N2O7S. The molecule has 1 amide bonds. The van der Waals surface area contributed by atoms with Crippen LogP contribution in [0.3, 0.4) is 0 Å². The Kier molecular flexibility index (Phi) is 4.75. The second-order valence-corrected chi connectivity index (χ2v) is 7.46. The first-order chi connectivity index (χ1) is 13.1. The molecule has 10 heteroatoms. The van der Waals surface area contributed by atoms with Gasteiger partial charge in [0.25, 0.3) is 21.7 Å². The average molecular weight is 402 g/mol. The number of anilines is 1. The maximum absolute atomic E-state index is 12.4. The molecule has 0 unspecified atom stereocenters. The molecule has 0 aliphatic rings. The summed E-state index contributed by atoms with van der Waals surface area (Å²) in [6.45, 7) is 1.53. The Morgan fingerprint density at radius 2 is 1.79 bits per heavy atom. The number of nitro groups is 1. The van der Waals surface area contributed by atoms with Gasteiger partial charge in [-0.15, -0.1) is 0 Å². The SMILES string of the molecule is Cc1cc(C(=O)Nc2ccc3cc(S(=O)(=O)O)c(O)cc3c2)ccc1[N+](=O)[O-]. The summed E-state index contributed by atoms with van der Waals surface area (Å²) in [5, 5.41) is 24.2. The van der Waals surface area contributed by atoms with Gasteiger partial charge in [-0.1, -0.05) is 6.07 Å². The maximum atomic E-state index is 12.4. The van der Waals surface area contributed by atoms with Crippen LogP contribution in [0.5, 0.6) is 5.75 Å². The zero-order valence-corrected chi connectivity index (χ0v) is 15.2. The number of fused-ring (bicyclic) bond motifs is 1. The lowest BCUT2D eigenvalue weighted by Gasteiger charge is -2.09. The predicted octanol–water partition coefficient (Wildman–Crippen LogP) is 3.26. The van der Waals surface area contributed by atoms with Crippen LogP contribution in [0.4, 0.5) is 11.4 Å². The van der Waals surface area contributed by atoms with E-state index in [-0.39, 0.29) is 11.3 Å². The molecule has 0 saturated carbocycles. The van der Waals surface area contributed by atoms with Crippen molar-refractivity contribution < 1.29 is 27.8 Å². The van der Waals surface area contributed by atoms with Gasteiger partial charge in [0.05, 0.1) is 4.92 Å². The molecular weight excluding hydrogens is 388 g/mol. The fourth-order valence-electron chi connectivity index (χ4n) is 2.75. The van der Waals surface area contributed by atoms with E-state index >= 15 is 0 Å². The second-order valence-electron chi connectivity index (χ2n) is 6.07. The molecule has 0 radical (unpaired) electrons. The minimum atomic E-state index is -4.57. The van der Waals surface area contributed by atoms with Crippen LogP contribution in [-0.4, -0.2) is 28.9 Å². The van der Waals surface area contributed by atoms with E-state index in [1.165, 1.54) is 43.3 Å². The van der Waals surface area contributed by atoms with Crippen molar-refractivity contribution in [3.63, 3.8) is 0 Å². The topological polar surface area (TPSA) is 147 Å². The minimum Gasteiger partial charge on any atom is -0.506 e. The van der Waals surface area contributed by atoms with E-state index in [1.54, 1.807) is 0 Å². The summed E-state index contributed by atoms with van der Waals surface area (Å²) in [4.78, 5) is 22.1. The van der Waals surface area contributed by atoms with E-state index in [1.807, 2.05) is 0 Å². The highest BCUT2D eigenvalue weighted by atomic mass is 32.2. The Balaban J connectivity index is 1.91. The summed E-state index contributed by atoms with van der Waals surface area (Å²) in [6.07, 6.45) is 0. The van der Waals surface area contributed by atoms with Gasteiger partial charge in [-0.3, -0.25) is 19.5 Å². The summed E-state index contributed by atoms with van der Waals surface area (Å²) >= 11 is 0. The van der Waals surface area contributed by atoms with Crippen molar-refractivity contribution in [2.75, 3.05) is 5.32 Å². The summed E-state index contributed by atoms with van der Waals surface area (Å²) in [5.41, 5.74) is 0.853. The molecule has 3 aromatic rings. The largest absolute Gasteiger partial charge is 0.506 e. The van der Waals surface area contributed by atoms with Crippen molar-refractivity contribution in [1.82, 2.24) is 0 Å². The van der Waals surface area contributed by atoms with Crippen molar-refractivity contribution in [2.24, 2.45) is 0 Å². The van der Waals surface area contributed by atoms with Crippen LogP contribution in [0.1, 0.15) is 15.9 Å². The molecule has 9 nitrogen and oxygen atoms in total. The number of aromatic hydroxyl groups is 1. The normalized spacial score (nSPS) is 11.4. The van der Waals surface area contributed by atoms with Crippen LogP contribution >= 0.6 is 0 Å². The van der Waals surface area contributed by atoms with E-state index in [4.69, 9.17) is 4.55 Å². The Bertz CT molecular complexity index is 1240. The first kappa shape index (κ1) is 19.3. The quantitative estimate of drug-likeness (QED) is 0.345. The molecule has 0 aromatic heterocycles. The highest BCUT2D eigenvalue weighted by Crippen LogP contribution is 2.30.